The largest absolute Gasteiger partial charge is 0.435 e. The molecule has 5 saturated heterocycles. The molecule has 139 heavy (non-hydrogen) atoms. The number of carbonyl (C=O) groups excluding carboxylic acids is 1. The second-order valence-electron chi connectivity index (χ2n) is 34.3. The van der Waals surface area contributed by atoms with E-state index in [0.717, 1.165) is 155 Å². The van der Waals surface area contributed by atoms with Gasteiger partial charge in [-0.05, 0) is 96.9 Å². The number of ether oxygens (including phenoxy) is 5. The molecule has 10 aromatic heterocycles. The number of nitrogens with zero attached hydrogens (tertiary/aromatic N) is 25. The van der Waals surface area contributed by atoms with Crippen LogP contribution in [0.1, 0.15) is 196 Å². The summed E-state index contributed by atoms with van der Waals surface area (Å²) in [5, 5.41) is 12.0. The maximum Gasteiger partial charge on any atom is 0.268 e. The zero-order chi connectivity index (χ0) is 94.5. The van der Waals surface area contributed by atoms with Crippen molar-refractivity contribution in [2.75, 3.05) is 96.5 Å². The summed E-state index contributed by atoms with van der Waals surface area (Å²) in [7, 11) is 0. The molecule has 5 fully saturated rings. The van der Waals surface area contributed by atoms with Crippen LogP contribution < -0.4 is 82.6 Å². The predicted octanol–water partition coefficient (Wildman–Crippen LogP) is 15.0. The van der Waals surface area contributed by atoms with E-state index in [1.807, 2.05) is 0 Å². The molecule has 0 bridgehead atoms. The van der Waals surface area contributed by atoms with Crippen LogP contribution in [0.25, 0.3) is 0 Å². The lowest BCUT2D eigenvalue weighted by Gasteiger charge is -2.39. The third-order valence-corrected chi connectivity index (χ3v) is 27.6. The fourth-order valence-corrected chi connectivity index (χ4v) is 17.2. The SMILES string of the molecule is C.C.C.C.C.CC1(CN)CCN(c2cnc3c(n2)CN=C3Oc2ccnc(Cl)c2Cl)CC1.CC1(N)CCN(c2cnc3c(n2)CN=C3Oc2ccnc(C(N)=O)c2Cl)CC1.CC1(N)CCN(c2cnc3c(n2)CN=C3Oc2ccnc(Cl)c2Cl)CC1.C[C@H]1C[C@H](N)CCN1c1cnc2c(n1)CN=C2Oc1ccnc(Cl)c1Cl.NCC1(O)CCN(c2cnc3c(n2)CN=C3Oc2ccnc(Cl)c2Cl)CC1. The molecule has 2 atom stereocenters. The van der Waals surface area contributed by atoms with Gasteiger partial charge in [0.15, 0.2) is 49.4 Å². The predicted molar refractivity (Wildman–Crippen MR) is 549 cm³/mol. The van der Waals surface area contributed by atoms with Gasteiger partial charge < -0.3 is 87.7 Å². The Kier molecular flexibility index (Phi) is 36.6. The molecule has 13 N–H and O–H groups in total. The highest BCUT2D eigenvalue weighted by Crippen LogP contribution is 2.40. The Balaban J connectivity index is 0.000000165. The Hall–Kier alpha value is -10.7. The average Bonchev–Trinajstić information content (AvgIpc) is 1.68. The lowest BCUT2D eigenvalue weighted by Crippen LogP contribution is -2.49. The highest BCUT2D eigenvalue weighted by Gasteiger charge is 2.38. The minimum atomic E-state index is -0.782. The van der Waals surface area contributed by atoms with Gasteiger partial charge in [-0.15, -0.1) is 0 Å². The third-order valence-electron chi connectivity index (χ3n) is 24.3. The van der Waals surface area contributed by atoms with E-state index in [-0.39, 0.29) is 123 Å². The van der Waals surface area contributed by atoms with Gasteiger partial charge in [0, 0.05) is 150 Å². The van der Waals surface area contributed by atoms with Crippen molar-refractivity contribution in [2.24, 2.45) is 64.8 Å². The van der Waals surface area contributed by atoms with Gasteiger partial charge in [0.25, 0.3) is 5.91 Å². The quantitative estimate of drug-likeness (QED) is 0.0527. The number of fused-ring (bicyclic) bond motifs is 5. The first-order valence-electron chi connectivity index (χ1n) is 43.1. The third kappa shape index (κ3) is 25.5. The van der Waals surface area contributed by atoms with Crippen molar-refractivity contribution in [3.05, 3.63) is 201 Å². The Morgan fingerprint density at radius 2 is 0.655 bits per heavy atom. The molecule has 10 aliphatic rings. The van der Waals surface area contributed by atoms with Gasteiger partial charge in [-0.2, -0.15) is 0 Å². The number of rotatable bonds is 13. The molecule has 20 heterocycles. The molecule has 10 aromatic rings. The minimum absolute atomic E-state index is 0. The highest BCUT2D eigenvalue weighted by atomic mass is 35.5. The van der Waals surface area contributed by atoms with Gasteiger partial charge in [-0.3, -0.25) is 4.79 Å². The van der Waals surface area contributed by atoms with Crippen molar-refractivity contribution < 1.29 is 33.6 Å². The molecule has 47 heteroatoms. The second-order valence-corrected chi connectivity index (χ2v) is 37.6. The van der Waals surface area contributed by atoms with E-state index in [2.05, 4.69) is 132 Å². The summed E-state index contributed by atoms with van der Waals surface area (Å²) >= 11 is 54.4. The average molecular weight is 2090 g/mol. The summed E-state index contributed by atoms with van der Waals surface area (Å²) in [6, 6.07) is 8.64. The smallest absolute Gasteiger partial charge is 0.268 e. The van der Waals surface area contributed by atoms with Crippen LogP contribution in [0.4, 0.5) is 29.1 Å². The number of aliphatic hydroxyl groups is 1. The number of amides is 1. The van der Waals surface area contributed by atoms with Crippen molar-refractivity contribution in [3.63, 3.8) is 0 Å². The minimum Gasteiger partial charge on any atom is -0.435 e. The Morgan fingerprint density at radius 1 is 0.388 bits per heavy atom. The number of hydrogen-bond acceptors (Lipinski definition) is 37. The van der Waals surface area contributed by atoms with Gasteiger partial charge in [0.1, 0.15) is 88.4 Å². The van der Waals surface area contributed by atoms with Gasteiger partial charge >= 0.3 is 0 Å². The van der Waals surface area contributed by atoms with Gasteiger partial charge in [-0.1, -0.05) is 148 Å². The number of hydrogen-bond donors (Lipinski definition) is 7. The Bertz CT molecular complexity index is 6080. The van der Waals surface area contributed by atoms with E-state index in [9.17, 15) is 9.90 Å². The van der Waals surface area contributed by atoms with Crippen LogP contribution in [0.15, 0.2) is 117 Å². The number of aromatic nitrogens is 15. The van der Waals surface area contributed by atoms with Crippen LogP contribution in [0.3, 0.4) is 0 Å². The van der Waals surface area contributed by atoms with Crippen molar-refractivity contribution >= 4 is 169 Å². The van der Waals surface area contributed by atoms with Crippen LogP contribution in [-0.2, 0) is 32.7 Å². The molecule has 0 radical (unpaired) electrons. The van der Waals surface area contributed by atoms with E-state index in [0.29, 0.717) is 152 Å². The lowest BCUT2D eigenvalue weighted by atomic mass is 9.80. The van der Waals surface area contributed by atoms with Crippen LogP contribution >= 0.6 is 104 Å². The zero-order valence-corrected chi connectivity index (χ0v) is 79.9. The molecule has 38 nitrogen and oxygen atoms in total. The molecule has 0 saturated carbocycles. The number of aliphatic imine (C=N–C) groups is 5. The summed E-state index contributed by atoms with van der Waals surface area (Å²) in [4.78, 5) is 110. The molecule has 0 unspecified atom stereocenters. The van der Waals surface area contributed by atoms with Crippen molar-refractivity contribution in [1.82, 2.24) is 74.8 Å². The van der Waals surface area contributed by atoms with Crippen LogP contribution in [0, 0.1) is 5.41 Å². The lowest BCUT2D eigenvalue weighted by molar-refractivity contribution is 0.0248. The molecule has 10 aliphatic heterocycles. The number of nitrogens with two attached hydrogens (primary N) is 6. The summed E-state index contributed by atoms with van der Waals surface area (Å²) in [6.07, 6.45) is 25.0. The number of halogens is 9. The molecule has 742 valence electrons. The first kappa shape index (κ1) is 109. The van der Waals surface area contributed by atoms with Gasteiger partial charge in [0.2, 0.25) is 29.5 Å². The number of piperidine rings is 5. The summed E-state index contributed by atoms with van der Waals surface area (Å²) in [6.45, 7) is 19.1. The molecule has 1 amide bonds. The Morgan fingerprint density at radius 3 is 0.935 bits per heavy atom. The maximum atomic E-state index is 11.4. The number of primary amides is 1. The van der Waals surface area contributed by atoms with Crippen LogP contribution in [0.2, 0.25) is 45.7 Å². The summed E-state index contributed by atoms with van der Waals surface area (Å²) in [5.41, 5.74) is 41.3. The summed E-state index contributed by atoms with van der Waals surface area (Å²) < 4.78 is 28.9. The first-order chi connectivity index (χ1) is 64.3. The number of carbonyl (C=O) groups is 1. The first-order valence-corrected chi connectivity index (χ1v) is 46.5. The van der Waals surface area contributed by atoms with Crippen molar-refractivity contribution in [1.29, 1.82) is 0 Å². The van der Waals surface area contributed by atoms with Gasteiger partial charge in [0.05, 0.1) is 97.8 Å². The maximum absolute atomic E-state index is 11.4. The monoisotopic (exact) mass is 2080 g/mol. The zero-order valence-electron chi connectivity index (χ0n) is 73.1. The fraction of sp³-hybridized carbons (Fsp3) is 0.446. The van der Waals surface area contributed by atoms with Crippen molar-refractivity contribution in [3.8, 4) is 28.7 Å². The topological polar surface area (TPSA) is 511 Å². The highest BCUT2D eigenvalue weighted by molar-refractivity contribution is 6.44. The Labute approximate surface area is 852 Å². The molecular formula is C92H114Cl9N31O7. The van der Waals surface area contributed by atoms with Crippen LogP contribution in [0.5, 0.6) is 28.7 Å². The van der Waals surface area contributed by atoms with Gasteiger partial charge in [-0.25, -0.2) is 99.7 Å². The molecule has 20 rings (SSSR count). The van der Waals surface area contributed by atoms with E-state index in [1.165, 1.54) is 37.1 Å². The van der Waals surface area contributed by atoms with E-state index < -0.39 is 11.5 Å². The normalized spacial score (nSPS) is 18.3. The molecule has 0 aliphatic carbocycles. The second kappa shape index (κ2) is 46.8. The molecule has 0 aromatic carbocycles. The molecule has 0 spiro atoms. The van der Waals surface area contributed by atoms with E-state index in [4.69, 9.17) is 182 Å². The number of anilines is 5. The number of pyridine rings is 5. The standard InChI is InChI=1S/C18H20Cl2N6O.C18H20ClN7O2.C17H18Cl2N6O2.2C17H18Cl2N6O.5CH4/c1-18(10-21)3-6-26(7-4-18)13-9-23-15-11(25-13)8-24-17(15)27-12-2-5-22-16(20)14(12)19;1-18(21)3-6-26(7-4-18)12-9-23-14-10(25-12)8-24-17(14)28-11-2-5-22-15(13(11)19)16(20)27;18-13-11(1-4-21-15(13)19)27-16-14-10(7-23-16)24-12(8-22-14)25-5-2-17(26,9-20)3-6-25;1-17(20)3-6-25(7-4-17)12-9-22-14-10(24-12)8-23-16(14)26-11-2-5-21-15(19)13(11)18;1-9-6-10(20)3-5-25(9)13-8-22-15-11(24-13)7-23-17(15)26-12-2-4-21-16(19)14(12)18;;;;;/h2,5,9H,3-4,6-8,10,21H2,1H3;2,5,9H,3-4,6-8,21H2,1H3,(H2,20,27);1,4,8,26H,2-3,5-7,9,20H2;2,5,9H,3-4,6-8,20H2,1H3;2,4,8-10H,3,5-7,20H2,1H3;5*1H4/t;;;;9-,10+;;;;;/m....0...../s1. The van der Waals surface area contributed by atoms with E-state index >= 15 is 0 Å². The van der Waals surface area contributed by atoms with Crippen molar-refractivity contribution in [2.45, 2.75) is 191 Å². The van der Waals surface area contributed by atoms with Crippen LogP contribution in [-0.4, -0.2) is 216 Å². The summed E-state index contributed by atoms with van der Waals surface area (Å²) in [5.74, 6) is 7.00. The fourth-order valence-electron chi connectivity index (χ4n) is 15.8. The molecular weight excluding hydrogens is 1970 g/mol. The van der Waals surface area contributed by atoms with E-state index in [1.54, 1.807) is 55.2 Å².